The Morgan fingerprint density at radius 2 is 1.95 bits per heavy atom. The number of Topliss-reactive ketones (excluding diaryl/α,β-unsaturated/α-hetero) is 2. The Labute approximate surface area is 254 Å². The third-order valence-corrected chi connectivity index (χ3v) is 9.70. The van der Waals surface area contributed by atoms with Crippen LogP contribution in [0.2, 0.25) is 0 Å². The number of allylic oxidation sites excluding steroid dienone is 1. The molecule has 1 saturated heterocycles. The normalized spacial score (nSPS) is 25.2. The first-order valence-corrected chi connectivity index (χ1v) is 15.7. The Hall–Kier alpha value is -2.99. The van der Waals surface area contributed by atoms with Crippen LogP contribution in [0.5, 0.6) is 11.6 Å². The topological polar surface area (TPSA) is 163 Å². The molecule has 5 N–H and O–H groups in total. The number of hydrogen-bond donors (Lipinski definition) is 3. The molecule has 0 aromatic carbocycles. The number of anilines is 1. The van der Waals surface area contributed by atoms with E-state index >= 15 is 0 Å². The molecule has 1 aromatic rings. The standard InChI is InChI=1S/C29H38N6O5.In/c1-4-20(19-11-9-17-35(19)2)40-28-24(39-3)27(32-16-8-13-22(30)37)33-26(34-28)23(31)18-10-7-15-29(25(18)38)14-6-5-12-21(29)36;/h4,8,16,19-20H,1,5-7,9-12,14-15,17,31H2,2-3H3,(H2,30,37)(H,32,33,34);/b16-8-,23-18-;/t19-,20-,29+;/m0./s1. The summed E-state index contributed by atoms with van der Waals surface area (Å²) in [7, 11) is 3.51. The van der Waals surface area contributed by atoms with Gasteiger partial charge in [-0.3, -0.25) is 4.79 Å². The van der Waals surface area contributed by atoms with E-state index in [9.17, 15) is 14.4 Å². The number of likely N-dealkylation sites (N-methyl/N-ethyl adjacent to an activating group) is 1. The van der Waals surface area contributed by atoms with Crippen molar-refractivity contribution in [2.24, 2.45) is 16.9 Å². The zero-order valence-electron chi connectivity index (χ0n) is 23.8. The number of nitrogens with one attached hydrogen (secondary N) is 1. The van der Waals surface area contributed by atoms with E-state index in [1.807, 2.05) is 7.05 Å². The number of likely N-dealkylation sites (tertiary alicyclic amines) is 1. The summed E-state index contributed by atoms with van der Waals surface area (Å²) in [5.74, 6) is -0.0222. The molecule has 2 heterocycles. The van der Waals surface area contributed by atoms with Crippen LogP contribution in [0.1, 0.15) is 63.6 Å². The van der Waals surface area contributed by atoms with Crippen LogP contribution < -0.4 is 26.3 Å². The van der Waals surface area contributed by atoms with Gasteiger partial charge in [0, 0.05) is 6.42 Å². The average molecular weight is 665 g/mol. The predicted octanol–water partition coefficient (Wildman–Crippen LogP) is 1.82. The van der Waals surface area contributed by atoms with E-state index in [1.54, 1.807) is 12.2 Å². The summed E-state index contributed by atoms with van der Waals surface area (Å²) in [5.41, 5.74) is 11.5. The number of nitrogens with two attached hydrogens (primary N) is 2. The molecule has 2 saturated carbocycles. The molecule has 1 spiro atoms. The fraction of sp³-hybridized carbons (Fsp3) is 0.517. The zero-order valence-corrected chi connectivity index (χ0v) is 27.1. The monoisotopic (exact) mass is 665 g/mol. The third-order valence-electron chi connectivity index (χ3n) is 8.34. The second kappa shape index (κ2) is 13.3. The number of ether oxygens (including phenoxy) is 2. The molecule has 0 bridgehead atoms. The van der Waals surface area contributed by atoms with Crippen LogP contribution >= 0.6 is 0 Å². The maximum absolute atomic E-state index is 13.8. The van der Waals surface area contributed by atoms with Gasteiger partial charge in [-0.2, -0.15) is 0 Å². The first kappa shape index (κ1) is 31.0. The summed E-state index contributed by atoms with van der Waals surface area (Å²) >= 11 is 0.534. The van der Waals surface area contributed by atoms with E-state index in [-0.39, 0.29) is 46.6 Å². The Morgan fingerprint density at radius 1 is 1.20 bits per heavy atom. The summed E-state index contributed by atoms with van der Waals surface area (Å²) in [6.07, 6.45) is 10.7. The van der Waals surface area contributed by atoms with Crippen molar-refractivity contribution in [3.8, 4) is 11.6 Å². The number of ketones is 2. The number of aromatic nitrogens is 2. The molecule has 217 valence electrons. The summed E-state index contributed by atoms with van der Waals surface area (Å²) < 4.78 is 12.5. The summed E-state index contributed by atoms with van der Waals surface area (Å²) in [4.78, 5) is 49.8. The van der Waals surface area contributed by atoms with E-state index < -0.39 is 17.4 Å². The van der Waals surface area contributed by atoms with Crippen LogP contribution in [0, 0.1) is 5.41 Å². The molecule has 12 heteroatoms. The van der Waals surface area contributed by atoms with Crippen molar-refractivity contribution in [2.45, 2.75) is 69.9 Å². The number of rotatable bonds is 10. The molecule has 4 rings (SSSR count). The number of hydrogen-bond acceptors (Lipinski definition) is 10. The fourth-order valence-corrected chi connectivity index (χ4v) is 6.31. The predicted molar refractivity (Wildman–Crippen MR) is 157 cm³/mol. The van der Waals surface area contributed by atoms with Gasteiger partial charge in [-0.25, -0.2) is 0 Å². The van der Waals surface area contributed by atoms with Crippen molar-refractivity contribution in [1.29, 1.82) is 0 Å². The molecule has 3 aliphatic rings. The molecular formula is C29H38InN6O5. The van der Waals surface area contributed by atoms with Gasteiger partial charge in [-0.1, -0.05) is 6.42 Å². The maximum atomic E-state index is 13.8. The molecule has 3 atom stereocenters. The number of carbonyl (C=O) groups excluding carboxylic acids is 3. The second-order valence-corrected chi connectivity index (χ2v) is 12.6. The molecule has 1 aliphatic heterocycles. The van der Waals surface area contributed by atoms with Gasteiger partial charge in [0.1, 0.15) is 0 Å². The molecule has 41 heavy (non-hydrogen) atoms. The number of nitrogens with zero attached hydrogens (tertiary/aromatic N) is 3. The zero-order chi connectivity index (χ0) is 29.7. The molecule has 11 nitrogen and oxygen atoms in total. The summed E-state index contributed by atoms with van der Waals surface area (Å²) in [6, 6.07) is 0.0946. The van der Waals surface area contributed by atoms with Crippen LogP contribution in [0.3, 0.4) is 0 Å². The number of carbonyl (C=O) groups is 3. The molecule has 0 unspecified atom stereocenters. The Kier molecular flexibility index (Phi) is 10.1. The third kappa shape index (κ3) is 6.43. The van der Waals surface area contributed by atoms with E-state index in [0.717, 1.165) is 32.2 Å². The number of methoxy groups -OCH3 is 1. The van der Waals surface area contributed by atoms with Crippen LogP contribution in [-0.2, 0) is 14.4 Å². The van der Waals surface area contributed by atoms with Gasteiger partial charge in [0.05, 0.1) is 0 Å². The summed E-state index contributed by atoms with van der Waals surface area (Å²) in [6.45, 7) is 4.93. The van der Waals surface area contributed by atoms with E-state index in [0.29, 0.717) is 64.8 Å². The van der Waals surface area contributed by atoms with Gasteiger partial charge in [0.2, 0.25) is 0 Å². The van der Waals surface area contributed by atoms with E-state index in [1.165, 1.54) is 13.3 Å². The van der Waals surface area contributed by atoms with Crippen molar-refractivity contribution in [3.63, 3.8) is 0 Å². The van der Waals surface area contributed by atoms with Crippen LogP contribution in [0.15, 0.2) is 30.5 Å². The SMILES string of the molecule is C=C[C@H](Oc1nc(/C(N)=C2\CCC[C@@]3(CCCCC3=O)C2=O)nc(N/C=C\[C](=[In])C(N)=O)c1OC)[C@@H]1CCCN1C. The van der Waals surface area contributed by atoms with Gasteiger partial charge < -0.3 is 0 Å². The van der Waals surface area contributed by atoms with Gasteiger partial charge in [0.25, 0.3) is 0 Å². The fourth-order valence-electron chi connectivity index (χ4n) is 6.04. The minimum atomic E-state index is -1.00. The first-order chi connectivity index (χ1) is 19.6. The van der Waals surface area contributed by atoms with Crippen LogP contribution in [-0.4, -0.2) is 92.3 Å². The molecular weight excluding hydrogens is 627 g/mol. The average Bonchev–Trinajstić information content (AvgIpc) is 3.39. The summed E-state index contributed by atoms with van der Waals surface area (Å²) in [5, 5.41) is 3.04. The quantitative estimate of drug-likeness (QED) is 0.191. The van der Waals surface area contributed by atoms with Gasteiger partial charge >= 0.3 is 232 Å². The van der Waals surface area contributed by atoms with E-state index in [2.05, 4.69) is 26.8 Å². The van der Waals surface area contributed by atoms with Crippen molar-refractivity contribution >= 4 is 56.1 Å². The van der Waals surface area contributed by atoms with Gasteiger partial charge in [-0.05, 0) is 6.42 Å². The molecule has 3 fully saturated rings. The van der Waals surface area contributed by atoms with Crippen LogP contribution in [0.4, 0.5) is 5.82 Å². The van der Waals surface area contributed by atoms with E-state index in [4.69, 9.17) is 20.9 Å². The molecule has 1 radical (unpaired) electrons. The van der Waals surface area contributed by atoms with Crippen molar-refractivity contribution in [3.05, 3.63) is 36.3 Å². The molecule has 2 aliphatic carbocycles. The van der Waals surface area contributed by atoms with Gasteiger partial charge in [0.15, 0.2) is 0 Å². The number of primary amides is 1. The van der Waals surface area contributed by atoms with Crippen molar-refractivity contribution in [1.82, 2.24) is 14.9 Å². The Bertz CT molecular complexity index is 1310. The minimum absolute atomic E-state index is 0.00446. The van der Waals surface area contributed by atoms with Crippen molar-refractivity contribution in [2.75, 3.05) is 26.0 Å². The van der Waals surface area contributed by atoms with Crippen LogP contribution in [0.25, 0.3) is 5.70 Å². The Morgan fingerprint density at radius 3 is 2.59 bits per heavy atom. The van der Waals surface area contributed by atoms with Crippen molar-refractivity contribution < 1.29 is 23.9 Å². The second-order valence-electron chi connectivity index (χ2n) is 10.8. The first-order valence-electron chi connectivity index (χ1n) is 14.0. The Balaban J connectivity index is 1.78. The van der Waals surface area contributed by atoms with Gasteiger partial charge in [-0.15, -0.1) is 0 Å². The molecule has 1 aromatic heterocycles. The molecule has 1 amide bonds. The number of amides is 1.